The molecule has 0 aliphatic heterocycles. The highest BCUT2D eigenvalue weighted by Gasteiger charge is 2.15. The third kappa shape index (κ3) is 3.69. The predicted octanol–water partition coefficient (Wildman–Crippen LogP) is 2.24. The van der Waals surface area contributed by atoms with E-state index in [1.54, 1.807) is 6.07 Å². The van der Waals surface area contributed by atoms with Gasteiger partial charge < -0.3 is 9.73 Å². The second-order valence-electron chi connectivity index (χ2n) is 4.12. The van der Waals surface area contributed by atoms with Crippen LogP contribution in [0.25, 0.3) is 0 Å². The summed E-state index contributed by atoms with van der Waals surface area (Å²) < 4.78 is 31.6. The Morgan fingerprint density at radius 1 is 1.15 bits per heavy atom. The van der Waals surface area contributed by atoms with E-state index in [2.05, 4.69) is 26.0 Å². The Morgan fingerprint density at radius 2 is 1.90 bits per heavy atom. The third-order valence-electron chi connectivity index (χ3n) is 2.74. The molecule has 7 heteroatoms. The fourth-order valence-corrected chi connectivity index (χ4v) is 2.75. The van der Waals surface area contributed by atoms with Crippen LogP contribution in [0.5, 0.6) is 0 Å². The summed E-state index contributed by atoms with van der Waals surface area (Å²) in [6, 6.07) is 11.0. The zero-order valence-electron chi connectivity index (χ0n) is 10.9. The molecule has 0 amide bonds. The van der Waals surface area contributed by atoms with E-state index >= 15 is 0 Å². The van der Waals surface area contributed by atoms with E-state index in [1.165, 1.54) is 13.1 Å². The van der Waals surface area contributed by atoms with Gasteiger partial charge in [0.1, 0.15) is 5.76 Å². The van der Waals surface area contributed by atoms with E-state index in [9.17, 15) is 8.42 Å². The zero-order chi connectivity index (χ0) is 14.6. The fraction of sp³-hybridized carbons (Fsp3) is 0.231. The van der Waals surface area contributed by atoms with E-state index in [4.69, 9.17) is 4.42 Å². The largest absolute Gasteiger partial charge is 0.447 e. The second-order valence-corrected chi connectivity index (χ2v) is 6.80. The van der Waals surface area contributed by atoms with Crippen LogP contribution in [0.1, 0.15) is 11.3 Å². The smallest absolute Gasteiger partial charge is 0.273 e. The molecule has 0 saturated carbocycles. The van der Waals surface area contributed by atoms with Crippen LogP contribution in [0.3, 0.4) is 0 Å². The van der Waals surface area contributed by atoms with Crippen LogP contribution >= 0.6 is 15.9 Å². The van der Waals surface area contributed by atoms with Gasteiger partial charge in [-0.25, -0.2) is 13.1 Å². The number of hydrogen-bond donors (Lipinski definition) is 2. The van der Waals surface area contributed by atoms with Gasteiger partial charge in [-0.15, -0.1) is 0 Å². The van der Waals surface area contributed by atoms with Crippen LogP contribution in [-0.2, 0) is 23.1 Å². The molecule has 1 heterocycles. The maximum Gasteiger partial charge on any atom is 0.273 e. The lowest BCUT2D eigenvalue weighted by atomic mass is 10.2. The first-order valence-corrected chi connectivity index (χ1v) is 8.27. The highest BCUT2D eigenvalue weighted by atomic mass is 79.9. The minimum Gasteiger partial charge on any atom is -0.447 e. The molecule has 1 aromatic carbocycles. The van der Waals surface area contributed by atoms with Crippen molar-refractivity contribution in [2.45, 2.75) is 18.2 Å². The van der Waals surface area contributed by atoms with Gasteiger partial charge >= 0.3 is 0 Å². The van der Waals surface area contributed by atoms with Crippen molar-refractivity contribution in [1.82, 2.24) is 10.0 Å². The molecule has 2 aromatic rings. The molecular formula is C13H15BrN2O3S. The van der Waals surface area contributed by atoms with Crippen molar-refractivity contribution in [3.05, 3.63) is 52.2 Å². The van der Waals surface area contributed by atoms with Crippen LogP contribution in [-0.4, -0.2) is 15.5 Å². The van der Waals surface area contributed by atoms with Crippen molar-refractivity contribution in [2.75, 3.05) is 7.05 Å². The minimum atomic E-state index is -3.51. The van der Waals surface area contributed by atoms with Gasteiger partial charge in [-0.05, 0) is 30.8 Å². The summed E-state index contributed by atoms with van der Waals surface area (Å²) in [5, 5.41) is 3.13. The normalized spacial score (nSPS) is 11.7. The molecule has 2 N–H and O–H groups in total. The van der Waals surface area contributed by atoms with Crippen LogP contribution in [0.2, 0.25) is 0 Å². The van der Waals surface area contributed by atoms with Gasteiger partial charge in [0, 0.05) is 11.0 Å². The Balaban J connectivity index is 1.94. The molecule has 108 valence electrons. The molecular weight excluding hydrogens is 344 g/mol. The summed E-state index contributed by atoms with van der Waals surface area (Å²) in [5.74, 6) is 0.575. The molecule has 2 rings (SSSR count). The van der Waals surface area contributed by atoms with Crippen molar-refractivity contribution in [2.24, 2.45) is 0 Å². The van der Waals surface area contributed by atoms with Gasteiger partial charge in [0.15, 0.2) is 0 Å². The average molecular weight is 359 g/mol. The van der Waals surface area contributed by atoms with E-state index in [0.717, 1.165) is 10.0 Å². The van der Waals surface area contributed by atoms with Crippen molar-refractivity contribution in [3.63, 3.8) is 0 Å². The van der Waals surface area contributed by atoms with E-state index in [-0.39, 0.29) is 5.09 Å². The van der Waals surface area contributed by atoms with Crippen molar-refractivity contribution in [3.8, 4) is 0 Å². The summed E-state index contributed by atoms with van der Waals surface area (Å²) in [4.78, 5) is 0. The van der Waals surface area contributed by atoms with Gasteiger partial charge in [-0.3, -0.25) is 0 Å². The number of furan rings is 1. The monoisotopic (exact) mass is 358 g/mol. The van der Waals surface area contributed by atoms with E-state index in [1.807, 2.05) is 24.3 Å². The summed E-state index contributed by atoms with van der Waals surface area (Å²) in [5.41, 5.74) is 1.13. The van der Waals surface area contributed by atoms with Crippen LogP contribution in [0.15, 0.2) is 50.4 Å². The predicted molar refractivity (Wildman–Crippen MR) is 79.6 cm³/mol. The molecule has 0 saturated heterocycles. The lowest BCUT2D eigenvalue weighted by molar-refractivity contribution is 0.400. The first-order chi connectivity index (χ1) is 9.53. The number of rotatable bonds is 6. The first-order valence-electron chi connectivity index (χ1n) is 5.99. The van der Waals surface area contributed by atoms with Crippen molar-refractivity contribution in [1.29, 1.82) is 0 Å². The van der Waals surface area contributed by atoms with E-state index in [0.29, 0.717) is 18.8 Å². The average Bonchev–Trinajstić information content (AvgIpc) is 2.90. The van der Waals surface area contributed by atoms with Crippen LogP contribution in [0.4, 0.5) is 0 Å². The summed E-state index contributed by atoms with van der Waals surface area (Å²) in [6.07, 6.45) is 0. The molecule has 0 unspecified atom stereocenters. The van der Waals surface area contributed by atoms with Gasteiger partial charge in [0.25, 0.3) is 10.0 Å². The molecule has 1 aromatic heterocycles. The number of halogens is 1. The Hall–Kier alpha value is -1.15. The highest BCUT2D eigenvalue weighted by Crippen LogP contribution is 2.16. The molecule has 0 radical (unpaired) electrons. The van der Waals surface area contributed by atoms with Crippen molar-refractivity contribution >= 4 is 26.0 Å². The van der Waals surface area contributed by atoms with Gasteiger partial charge in [-0.1, -0.05) is 34.1 Å². The second kappa shape index (κ2) is 6.53. The summed E-state index contributed by atoms with van der Waals surface area (Å²) in [6.45, 7) is 1.12. The van der Waals surface area contributed by atoms with Gasteiger partial charge in [0.05, 0.1) is 6.54 Å². The molecule has 0 atom stereocenters. The highest BCUT2D eigenvalue weighted by molar-refractivity contribution is 9.10. The molecule has 0 fully saturated rings. The van der Waals surface area contributed by atoms with Crippen molar-refractivity contribution < 1.29 is 12.8 Å². The quantitative estimate of drug-likeness (QED) is 0.830. The number of nitrogens with one attached hydrogen (secondary N) is 2. The maximum absolute atomic E-state index is 11.5. The van der Waals surface area contributed by atoms with Crippen LogP contribution in [0, 0.1) is 0 Å². The van der Waals surface area contributed by atoms with Gasteiger partial charge in [-0.2, -0.15) is 0 Å². The fourth-order valence-electron chi connectivity index (χ4n) is 1.66. The molecule has 20 heavy (non-hydrogen) atoms. The minimum absolute atomic E-state index is 0.0716. The first kappa shape index (κ1) is 15.2. The summed E-state index contributed by atoms with van der Waals surface area (Å²) >= 11 is 3.47. The molecule has 5 nitrogen and oxygen atoms in total. The van der Waals surface area contributed by atoms with Crippen LogP contribution < -0.4 is 10.0 Å². The van der Waals surface area contributed by atoms with Gasteiger partial charge in [0.2, 0.25) is 5.09 Å². The molecule has 0 aliphatic carbocycles. The molecule has 0 bridgehead atoms. The maximum atomic E-state index is 11.5. The Kier molecular flexibility index (Phi) is 4.98. The standard InChI is InChI=1S/C13H15BrN2O3S/c1-15-20(17,18)13-7-6-11(19-13)9-16-8-10-4-2-3-5-12(10)14/h2-7,15-16H,8-9H2,1H3. The Labute approximate surface area is 126 Å². The van der Waals surface area contributed by atoms with E-state index < -0.39 is 10.0 Å². The SMILES string of the molecule is CNS(=O)(=O)c1ccc(CNCc2ccccc2Br)o1. The third-order valence-corrected chi connectivity index (χ3v) is 4.80. The lowest BCUT2D eigenvalue weighted by Gasteiger charge is -2.05. The summed E-state index contributed by atoms with van der Waals surface area (Å²) in [7, 11) is -2.16. The number of sulfonamides is 1. The number of hydrogen-bond acceptors (Lipinski definition) is 4. The Bertz CT molecular complexity index is 682. The Morgan fingerprint density at radius 3 is 2.60 bits per heavy atom. The molecule has 0 spiro atoms. The topological polar surface area (TPSA) is 71.3 Å². The molecule has 0 aliphatic rings. The zero-order valence-corrected chi connectivity index (χ0v) is 13.3. The lowest BCUT2D eigenvalue weighted by Crippen LogP contribution is -2.17. The number of benzene rings is 1.